The molecule has 18 heavy (non-hydrogen) atoms. The van der Waals surface area contributed by atoms with Crippen LogP contribution in [0.1, 0.15) is 46.0 Å². The van der Waals surface area contributed by atoms with Crippen molar-refractivity contribution in [2.75, 3.05) is 32.7 Å². The van der Waals surface area contributed by atoms with Gasteiger partial charge < -0.3 is 10.1 Å². The zero-order valence-corrected chi connectivity index (χ0v) is 12.2. The van der Waals surface area contributed by atoms with Crippen LogP contribution in [0.2, 0.25) is 0 Å². The molecule has 0 aliphatic carbocycles. The second-order valence-electron chi connectivity index (χ2n) is 6.38. The van der Waals surface area contributed by atoms with Crippen LogP contribution in [-0.4, -0.2) is 49.8 Å². The van der Waals surface area contributed by atoms with Crippen molar-refractivity contribution in [1.29, 1.82) is 0 Å². The number of nitrogens with one attached hydrogen (secondary N) is 1. The first-order chi connectivity index (χ1) is 8.74. The van der Waals surface area contributed by atoms with E-state index in [1.165, 1.54) is 58.3 Å². The first kappa shape index (κ1) is 14.3. The minimum absolute atomic E-state index is 0.552. The normalized spacial score (nSPS) is 28.2. The van der Waals surface area contributed by atoms with Gasteiger partial charge in [-0.2, -0.15) is 0 Å². The fraction of sp³-hybridized carbons (Fsp3) is 1.00. The Morgan fingerprint density at radius 2 is 1.83 bits per heavy atom. The highest BCUT2D eigenvalue weighted by atomic mass is 16.5. The van der Waals surface area contributed by atoms with Gasteiger partial charge in [0.2, 0.25) is 0 Å². The summed E-state index contributed by atoms with van der Waals surface area (Å²) >= 11 is 0. The van der Waals surface area contributed by atoms with E-state index in [0.717, 1.165) is 12.5 Å². The van der Waals surface area contributed by atoms with Crippen LogP contribution in [0.4, 0.5) is 0 Å². The van der Waals surface area contributed by atoms with Crippen molar-refractivity contribution in [3.8, 4) is 0 Å². The predicted octanol–water partition coefficient (Wildman–Crippen LogP) is 2.27. The average molecular weight is 254 g/mol. The highest BCUT2D eigenvalue weighted by molar-refractivity contribution is 4.84. The Balaban J connectivity index is 1.44. The van der Waals surface area contributed by atoms with Gasteiger partial charge in [0.1, 0.15) is 0 Å². The highest BCUT2D eigenvalue weighted by Crippen LogP contribution is 2.26. The van der Waals surface area contributed by atoms with Crippen molar-refractivity contribution in [3.05, 3.63) is 0 Å². The molecule has 2 fully saturated rings. The topological polar surface area (TPSA) is 24.5 Å². The van der Waals surface area contributed by atoms with E-state index in [2.05, 4.69) is 24.1 Å². The number of fused-ring (bicyclic) bond motifs is 2. The standard InChI is InChI=1S/C15H30N2O/c1-13(2)10-16-8-4-3-5-9-17-11-14-6-7-15(12-17)18-14/h13-16H,3-12H2,1-2H3. The number of nitrogens with zero attached hydrogens (tertiary/aromatic N) is 1. The van der Waals surface area contributed by atoms with E-state index in [0.29, 0.717) is 12.2 Å². The number of likely N-dealkylation sites (tertiary alicyclic amines) is 1. The highest BCUT2D eigenvalue weighted by Gasteiger charge is 2.32. The maximum Gasteiger partial charge on any atom is 0.0707 e. The van der Waals surface area contributed by atoms with Gasteiger partial charge in [0.05, 0.1) is 12.2 Å². The monoisotopic (exact) mass is 254 g/mol. The molecule has 2 aliphatic heterocycles. The largest absolute Gasteiger partial charge is 0.372 e. The Labute approximate surface area is 112 Å². The Morgan fingerprint density at radius 3 is 2.50 bits per heavy atom. The lowest BCUT2D eigenvalue weighted by Gasteiger charge is -2.32. The molecule has 0 radical (unpaired) electrons. The van der Waals surface area contributed by atoms with Crippen molar-refractivity contribution in [2.24, 2.45) is 5.92 Å². The van der Waals surface area contributed by atoms with E-state index >= 15 is 0 Å². The van der Waals surface area contributed by atoms with Crippen molar-refractivity contribution < 1.29 is 4.74 Å². The van der Waals surface area contributed by atoms with Crippen LogP contribution in [-0.2, 0) is 4.74 Å². The maximum atomic E-state index is 5.86. The number of ether oxygens (including phenoxy) is 1. The second kappa shape index (κ2) is 7.46. The van der Waals surface area contributed by atoms with Crippen LogP contribution in [0, 0.1) is 5.92 Å². The fourth-order valence-corrected chi connectivity index (χ4v) is 3.03. The van der Waals surface area contributed by atoms with Crippen LogP contribution in [0.25, 0.3) is 0 Å². The van der Waals surface area contributed by atoms with Gasteiger partial charge >= 0.3 is 0 Å². The Morgan fingerprint density at radius 1 is 1.11 bits per heavy atom. The molecule has 2 atom stereocenters. The summed E-state index contributed by atoms with van der Waals surface area (Å²) in [6.07, 6.45) is 7.72. The number of hydrogen-bond acceptors (Lipinski definition) is 3. The van der Waals surface area contributed by atoms with Gasteiger partial charge in [-0.15, -0.1) is 0 Å². The van der Waals surface area contributed by atoms with E-state index in [9.17, 15) is 0 Å². The predicted molar refractivity (Wildman–Crippen MR) is 75.9 cm³/mol. The van der Waals surface area contributed by atoms with Gasteiger partial charge in [-0.25, -0.2) is 0 Å². The molecule has 2 saturated heterocycles. The molecule has 2 heterocycles. The third kappa shape index (κ3) is 4.87. The summed E-state index contributed by atoms with van der Waals surface area (Å²) in [5.74, 6) is 0.772. The van der Waals surface area contributed by atoms with E-state index < -0.39 is 0 Å². The molecule has 0 spiro atoms. The molecule has 0 amide bonds. The first-order valence-corrected chi connectivity index (χ1v) is 7.82. The molecule has 1 N–H and O–H groups in total. The molecular formula is C15H30N2O. The van der Waals surface area contributed by atoms with Crippen LogP contribution in [0.3, 0.4) is 0 Å². The van der Waals surface area contributed by atoms with Crippen LogP contribution in [0.5, 0.6) is 0 Å². The van der Waals surface area contributed by atoms with E-state index in [-0.39, 0.29) is 0 Å². The molecular weight excluding hydrogens is 224 g/mol. The van der Waals surface area contributed by atoms with Gasteiger partial charge in [-0.3, -0.25) is 4.90 Å². The van der Waals surface area contributed by atoms with E-state index in [1.807, 2.05) is 0 Å². The van der Waals surface area contributed by atoms with Crippen molar-refractivity contribution in [1.82, 2.24) is 10.2 Å². The molecule has 0 aromatic rings. The molecule has 2 aliphatic rings. The van der Waals surface area contributed by atoms with Crippen LogP contribution in [0.15, 0.2) is 0 Å². The maximum absolute atomic E-state index is 5.86. The SMILES string of the molecule is CC(C)CNCCCCCN1CC2CCC(C1)O2. The zero-order valence-electron chi connectivity index (χ0n) is 12.2. The number of rotatable bonds is 8. The van der Waals surface area contributed by atoms with Gasteiger partial charge in [0, 0.05) is 13.1 Å². The van der Waals surface area contributed by atoms with Crippen molar-refractivity contribution in [2.45, 2.75) is 58.2 Å². The third-order valence-electron chi connectivity index (χ3n) is 4.00. The van der Waals surface area contributed by atoms with Crippen LogP contribution < -0.4 is 5.32 Å². The minimum Gasteiger partial charge on any atom is -0.372 e. The molecule has 2 rings (SSSR count). The van der Waals surface area contributed by atoms with E-state index in [4.69, 9.17) is 4.74 Å². The summed E-state index contributed by atoms with van der Waals surface area (Å²) in [6, 6.07) is 0. The Kier molecular flexibility index (Phi) is 5.93. The first-order valence-electron chi connectivity index (χ1n) is 7.82. The second-order valence-corrected chi connectivity index (χ2v) is 6.38. The van der Waals surface area contributed by atoms with Crippen molar-refractivity contribution in [3.63, 3.8) is 0 Å². The molecule has 0 aromatic heterocycles. The summed E-state index contributed by atoms with van der Waals surface area (Å²) < 4.78 is 5.86. The summed E-state index contributed by atoms with van der Waals surface area (Å²) in [5.41, 5.74) is 0. The summed E-state index contributed by atoms with van der Waals surface area (Å²) in [7, 11) is 0. The van der Waals surface area contributed by atoms with Gasteiger partial charge in [-0.1, -0.05) is 20.3 Å². The van der Waals surface area contributed by atoms with E-state index in [1.54, 1.807) is 0 Å². The lowest BCUT2D eigenvalue weighted by atomic mass is 10.2. The lowest BCUT2D eigenvalue weighted by molar-refractivity contribution is -0.0385. The van der Waals surface area contributed by atoms with Crippen LogP contribution >= 0.6 is 0 Å². The minimum atomic E-state index is 0.552. The number of morpholine rings is 1. The summed E-state index contributed by atoms with van der Waals surface area (Å²) in [5, 5.41) is 3.51. The molecule has 2 unspecified atom stereocenters. The van der Waals surface area contributed by atoms with Gasteiger partial charge in [0.25, 0.3) is 0 Å². The quantitative estimate of drug-likeness (QED) is 0.673. The fourth-order valence-electron chi connectivity index (χ4n) is 3.03. The summed E-state index contributed by atoms with van der Waals surface area (Å²) in [4.78, 5) is 2.62. The summed E-state index contributed by atoms with van der Waals surface area (Å²) in [6.45, 7) is 10.5. The molecule has 2 bridgehead atoms. The smallest absolute Gasteiger partial charge is 0.0707 e. The number of hydrogen-bond donors (Lipinski definition) is 1. The third-order valence-corrected chi connectivity index (χ3v) is 4.00. The van der Waals surface area contributed by atoms with Gasteiger partial charge in [0.15, 0.2) is 0 Å². The van der Waals surface area contributed by atoms with Gasteiger partial charge in [-0.05, 0) is 51.2 Å². The Hall–Kier alpha value is -0.120. The van der Waals surface area contributed by atoms with Crippen molar-refractivity contribution >= 4 is 0 Å². The molecule has 3 nitrogen and oxygen atoms in total. The zero-order chi connectivity index (χ0) is 12.8. The molecule has 0 aromatic carbocycles. The number of unbranched alkanes of at least 4 members (excludes halogenated alkanes) is 2. The molecule has 106 valence electrons. The molecule has 3 heteroatoms. The Bertz CT molecular complexity index is 221. The lowest BCUT2D eigenvalue weighted by Crippen LogP contribution is -2.42. The molecule has 0 saturated carbocycles. The average Bonchev–Trinajstić information content (AvgIpc) is 2.67.